The number of likely N-dealkylation sites (N-methyl/N-ethyl adjacent to an activating group) is 1. The summed E-state index contributed by atoms with van der Waals surface area (Å²) in [6, 6.07) is 4.86. The van der Waals surface area contributed by atoms with Crippen molar-refractivity contribution in [2.24, 2.45) is 5.92 Å². The molecule has 0 unspecified atom stereocenters. The van der Waals surface area contributed by atoms with Crippen LogP contribution < -0.4 is 5.32 Å². The minimum Gasteiger partial charge on any atom is -0.316 e. The van der Waals surface area contributed by atoms with E-state index in [0.29, 0.717) is 5.02 Å². The SMILES string of the molecule is CCNCC1(c2ccc(F)cc2Cl)CCC(C)CC1. The maximum Gasteiger partial charge on any atom is 0.124 e. The molecule has 0 aromatic heterocycles. The van der Waals surface area contributed by atoms with Gasteiger partial charge in [-0.25, -0.2) is 4.39 Å². The largest absolute Gasteiger partial charge is 0.316 e. The van der Waals surface area contributed by atoms with Gasteiger partial charge in [-0.3, -0.25) is 0 Å². The van der Waals surface area contributed by atoms with Crippen LogP contribution in [-0.4, -0.2) is 13.1 Å². The van der Waals surface area contributed by atoms with Gasteiger partial charge in [-0.15, -0.1) is 0 Å². The summed E-state index contributed by atoms with van der Waals surface area (Å²) in [6.45, 7) is 6.31. The molecule has 1 fully saturated rings. The summed E-state index contributed by atoms with van der Waals surface area (Å²) in [5.41, 5.74) is 1.19. The molecular weight excluding hydrogens is 261 g/mol. The highest BCUT2D eigenvalue weighted by molar-refractivity contribution is 6.31. The molecule has 19 heavy (non-hydrogen) atoms. The summed E-state index contributed by atoms with van der Waals surface area (Å²) >= 11 is 6.30. The van der Waals surface area contributed by atoms with Crippen LogP contribution in [0.3, 0.4) is 0 Å². The van der Waals surface area contributed by atoms with Crippen LogP contribution in [0.4, 0.5) is 4.39 Å². The lowest BCUT2D eigenvalue weighted by Gasteiger charge is -2.40. The predicted octanol–water partition coefficient (Wildman–Crippen LogP) is 4.54. The number of benzene rings is 1. The fourth-order valence-electron chi connectivity index (χ4n) is 3.14. The van der Waals surface area contributed by atoms with E-state index in [1.807, 2.05) is 6.07 Å². The maximum atomic E-state index is 13.3. The average Bonchev–Trinajstić information content (AvgIpc) is 2.39. The fraction of sp³-hybridized carbons (Fsp3) is 0.625. The first-order valence-corrected chi connectivity index (χ1v) is 7.61. The summed E-state index contributed by atoms with van der Waals surface area (Å²) in [5.74, 6) is 0.533. The summed E-state index contributed by atoms with van der Waals surface area (Å²) < 4.78 is 13.3. The van der Waals surface area contributed by atoms with E-state index in [-0.39, 0.29) is 11.2 Å². The molecule has 0 saturated heterocycles. The molecule has 2 rings (SSSR count). The highest BCUT2D eigenvalue weighted by Gasteiger charge is 2.36. The number of nitrogens with one attached hydrogen (secondary N) is 1. The molecule has 0 atom stereocenters. The Hall–Kier alpha value is -0.600. The summed E-state index contributed by atoms with van der Waals surface area (Å²) in [5, 5.41) is 4.04. The summed E-state index contributed by atoms with van der Waals surface area (Å²) in [7, 11) is 0. The zero-order valence-corrected chi connectivity index (χ0v) is 12.6. The molecule has 0 aliphatic heterocycles. The third kappa shape index (κ3) is 3.29. The van der Waals surface area contributed by atoms with Crippen molar-refractivity contribution in [1.29, 1.82) is 0 Å². The van der Waals surface area contributed by atoms with Gasteiger partial charge in [0.05, 0.1) is 0 Å². The van der Waals surface area contributed by atoms with E-state index >= 15 is 0 Å². The van der Waals surface area contributed by atoms with Gasteiger partial charge >= 0.3 is 0 Å². The van der Waals surface area contributed by atoms with Crippen LogP contribution in [0.25, 0.3) is 0 Å². The Kier molecular flexibility index (Phi) is 4.86. The zero-order chi connectivity index (χ0) is 13.9. The smallest absolute Gasteiger partial charge is 0.124 e. The number of rotatable bonds is 4. The second-order valence-electron chi connectivity index (χ2n) is 5.87. The molecule has 106 valence electrons. The molecule has 1 aliphatic rings. The Labute approximate surface area is 120 Å². The Bertz CT molecular complexity index is 419. The van der Waals surface area contributed by atoms with Crippen molar-refractivity contribution >= 4 is 11.6 Å². The highest BCUT2D eigenvalue weighted by Crippen LogP contribution is 2.43. The monoisotopic (exact) mass is 283 g/mol. The average molecular weight is 284 g/mol. The van der Waals surface area contributed by atoms with Gasteiger partial charge in [0.25, 0.3) is 0 Å². The first kappa shape index (κ1) is 14.8. The molecule has 0 bridgehead atoms. The number of halogens is 2. The second-order valence-corrected chi connectivity index (χ2v) is 6.27. The minimum absolute atomic E-state index is 0.0767. The van der Waals surface area contributed by atoms with Crippen molar-refractivity contribution in [2.75, 3.05) is 13.1 Å². The molecule has 0 spiro atoms. The zero-order valence-electron chi connectivity index (χ0n) is 11.8. The number of hydrogen-bond acceptors (Lipinski definition) is 1. The van der Waals surface area contributed by atoms with Gasteiger partial charge in [-0.2, -0.15) is 0 Å². The summed E-state index contributed by atoms with van der Waals surface area (Å²) in [4.78, 5) is 0. The van der Waals surface area contributed by atoms with Crippen LogP contribution >= 0.6 is 11.6 Å². The molecule has 0 heterocycles. The third-order valence-electron chi connectivity index (χ3n) is 4.45. The molecule has 1 aromatic carbocycles. The lowest BCUT2D eigenvalue weighted by molar-refractivity contribution is 0.234. The van der Waals surface area contributed by atoms with Crippen molar-refractivity contribution in [1.82, 2.24) is 5.32 Å². The van der Waals surface area contributed by atoms with E-state index in [9.17, 15) is 4.39 Å². The molecule has 0 amide bonds. The first-order valence-electron chi connectivity index (χ1n) is 7.23. The van der Waals surface area contributed by atoms with Crippen molar-refractivity contribution in [2.45, 2.75) is 44.9 Å². The van der Waals surface area contributed by atoms with Gasteiger partial charge in [0.15, 0.2) is 0 Å². The van der Waals surface area contributed by atoms with Crippen LogP contribution in [-0.2, 0) is 5.41 Å². The minimum atomic E-state index is -0.253. The Morgan fingerprint density at radius 1 is 1.37 bits per heavy atom. The van der Waals surface area contributed by atoms with E-state index in [1.165, 1.54) is 25.0 Å². The van der Waals surface area contributed by atoms with E-state index in [4.69, 9.17) is 11.6 Å². The van der Waals surface area contributed by atoms with Gasteiger partial charge in [-0.1, -0.05) is 31.5 Å². The normalized spacial score (nSPS) is 27.5. The lowest BCUT2D eigenvalue weighted by atomic mass is 9.67. The van der Waals surface area contributed by atoms with Gasteiger partial charge < -0.3 is 5.32 Å². The van der Waals surface area contributed by atoms with Crippen LogP contribution in [0.2, 0.25) is 5.02 Å². The maximum absolute atomic E-state index is 13.3. The van der Waals surface area contributed by atoms with Crippen LogP contribution in [0.1, 0.15) is 45.1 Å². The standard InChI is InChI=1S/C16H23ClFN/c1-3-19-11-16(8-6-12(2)7-9-16)14-5-4-13(18)10-15(14)17/h4-5,10,12,19H,3,6-9,11H2,1-2H3. The Morgan fingerprint density at radius 3 is 2.63 bits per heavy atom. The van der Waals surface area contributed by atoms with Gasteiger partial charge in [0.2, 0.25) is 0 Å². The van der Waals surface area contributed by atoms with Gasteiger partial charge in [0, 0.05) is 17.0 Å². The van der Waals surface area contributed by atoms with Crippen molar-refractivity contribution in [3.8, 4) is 0 Å². The molecule has 1 aliphatic carbocycles. The molecule has 1 aromatic rings. The second kappa shape index (κ2) is 6.23. The van der Waals surface area contributed by atoms with Crippen molar-refractivity contribution in [3.63, 3.8) is 0 Å². The molecule has 3 heteroatoms. The van der Waals surface area contributed by atoms with E-state index in [1.54, 1.807) is 0 Å². The van der Waals surface area contributed by atoms with Crippen LogP contribution in [0.15, 0.2) is 18.2 Å². The lowest BCUT2D eigenvalue weighted by Crippen LogP contribution is -2.41. The van der Waals surface area contributed by atoms with Gasteiger partial charge in [0.1, 0.15) is 5.82 Å². The molecule has 1 nitrogen and oxygen atoms in total. The third-order valence-corrected chi connectivity index (χ3v) is 4.76. The van der Waals surface area contributed by atoms with E-state index in [2.05, 4.69) is 19.2 Å². The van der Waals surface area contributed by atoms with E-state index < -0.39 is 0 Å². The van der Waals surface area contributed by atoms with Crippen molar-refractivity contribution < 1.29 is 4.39 Å². The van der Waals surface area contributed by atoms with E-state index in [0.717, 1.165) is 37.4 Å². The van der Waals surface area contributed by atoms with Crippen molar-refractivity contribution in [3.05, 3.63) is 34.6 Å². The van der Waals surface area contributed by atoms with Crippen LogP contribution in [0, 0.1) is 11.7 Å². The molecule has 1 N–H and O–H groups in total. The quantitative estimate of drug-likeness (QED) is 0.856. The Morgan fingerprint density at radius 2 is 2.05 bits per heavy atom. The molecular formula is C16H23ClFN. The highest BCUT2D eigenvalue weighted by atomic mass is 35.5. The van der Waals surface area contributed by atoms with Crippen LogP contribution in [0.5, 0.6) is 0 Å². The topological polar surface area (TPSA) is 12.0 Å². The summed E-state index contributed by atoms with van der Waals surface area (Å²) in [6.07, 6.45) is 4.71. The Balaban J connectivity index is 2.31. The predicted molar refractivity (Wildman–Crippen MR) is 79.3 cm³/mol. The number of hydrogen-bond donors (Lipinski definition) is 1. The van der Waals surface area contributed by atoms with Gasteiger partial charge in [-0.05, 0) is 55.8 Å². The molecule has 0 radical (unpaired) electrons. The fourth-order valence-corrected chi connectivity index (χ4v) is 3.51. The molecule has 1 saturated carbocycles. The first-order chi connectivity index (χ1) is 9.07.